The largest absolute Gasteiger partial charge is 0.371 e. The van der Waals surface area contributed by atoms with Crippen molar-refractivity contribution in [2.75, 3.05) is 0 Å². The maximum atomic E-state index is 6.40. The summed E-state index contributed by atoms with van der Waals surface area (Å²) < 4.78 is 6.99. The van der Waals surface area contributed by atoms with E-state index in [1.165, 1.54) is 38.5 Å². The molecule has 0 aromatic carbocycles. The Morgan fingerprint density at radius 3 is 2.11 bits per heavy atom. The van der Waals surface area contributed by atoms with E-state index in [0.29, 0.717) is 15.6 Å². The van der Waals surface area contributed by atoms with Gasteiger partial charge in [-0.05, 0) is 17.9 Å². The van der Waals surface area contributed by atoms with Gasteiger partial charge in [0.2, 0.25) is 0 Å². The summed E-state index contributed by atoms with van der Waals surface area (Å²) in [4.78, 5) is 0. The highest BCUT2D eigenvalue weighted by molar-refractivity contribution is 9.10. The van der Waals surface area contributed by atoms with Gasteiger partial charge in [0.05, 0.1) is 19.8 Å². The highest BCUT2D eigenvalue weighted by Gasteiger charge is 2.53. The molecule has 1 saturated carbocycles. The first-order chi connectivity index (χ1) is 8.18. The summed E-state index contributed by atoms with van der Waals surface area (Å²) in [5.41, 5.74) is 0.289. The molecule has 0 radical (unpaired) electrons. The molecule has 2 rings (SSSR count). The Morgan fingerprint density at radius 1 is 1.17 bits per heavy atom. The zero-order valence-corrected chi connectivity index (χ0v) is 15.3. The van der Waals surface area contributed by atoms with Crippen LogP contribution in [0.1, 0.15) is 59.3 Å². The van der Waals surface area contributed by atoms with Gasteiger partial charge in [-0.3, -0.25) is 0 Å². The topological polar surface area (TPSA) is 9.23 Å². The van der Waals surface area contributed by atoms with Crippen LogP contribution in [0.2, 0.25) is 18.1 Å². The molecule has 1 aliphatic heterocycles. The molecule has 2 unspecified atom stereocenters. The molecular weight excluding hydrogens is 304 g/mol. The van der Waals surface area contributed by atoms with E-state index < -0.39 is 8.07 Å². The Bertz CT molecular complexity index is 294. The molecule has 2 atom stereocenters. The van der Waals surface area contributed by atoms with Crippen molar-refractivity contribution in [3.8, 4) is 0 Å². The normalized spacial score (nSPS) is 30.0. The van der Waals surface area contributed by atoms with E-state index in [0.717, 1.165) is 0 Å². The van der Waals surface area contributed by atoms with Crippen molar-refractivity contribution in [1.29, 1.82) is 0 Å². The number of alkyl halides is 1. The van der Waals surface area contributed by atoms with E-state index in [1.807, 2.05) is 0 Å². The van der Waals surface area contributed by atoms with E-state index >= 15 is 0 Å². The summed E-state index contributed by atoms with van der Waals surface area (Å²) in [5, 5.41) is 0.430. The lowest BCUT2D eigenvalue weighted by Gasteiger charge is -2.55. The second-order valence-electron chi connectivity index (χ2n) is 7.98. The summed E-state index contributed by atoms with van der Waals surface area (Å²) in [6.07, 6.45) is 8.55. The molecule has 106 valence electrons. The van der Waals surface area contributed by atoms with Gasteiger partial charge in [0.25, 0.3) is 0 Å². The predicted molar refractivity (Wildman–Crippen MR) is 85.2 cm³/mol. The first kappa shape index (κ1) is 15.1. The molecule has 2 aliphatic rings. The molecule has 1 aliphatic carbocycles. The molecule has 18 heavy (non-hydrogen) atoms. The van der Waals surface area contributed by atoms with Crippen LogP contribution >= 0.6 is 15.9 Å². The average molecular weight is 333 g/mol. The Labute approximate surface area is 122 Å². The third-order valence-corrected chi connectivity index (χ3v) is 15.3. The maximum Gasteiger partial charge on any atom is 0.0712 e. The van der Waals surface area contributed by atoms with Crippen LogP contribution in [-0.2, 0) is 4.74 Å². The van der Waals surface area contributed by atoms with Crippen molar-refractivity contribution >= 4 is 24.0 Å². The van der Waals surface area contributed by atoms with Gasteiger partial charge < -0.3 is 4.74 Å². The minimum Gasteiger partial charge on any atom is -0.371 e. The van der Waals surface area contributed by atoms with E-state index in [-0.39, 0.29) is 5.60 Å². The monoisotopic (exact) mass is 332 g/mol. The zero-order chi connectivity index (χ0) is 13.6. The standard InChI is InChI=1S/C15H29BrOSi/c1-14(2,3)18(4,5)13(16)12-11-15(17-12)9-7-6-8-10-15/h12-13H,6-11H2,1-5H3. The van der Waals surface area contributed by atoms with Gasteiger partial charge in [-0.1, -0.05) is 69.1 Å². The van der Waals surface area contributed by atoms with E-state index in [4.69, 9.17) is 4.74 Å². The van der Waals surface area contributed by atoms with Gasteiger partial charge >= 0.3 is 0 Å². The molecule has 0 N–H and O–H groups in total. The highest BCUT2D eigenvalue weighted by atomic mass is 79.9. The summed E-state index contributed by atoms with van der Waals surface area (Å²) in [7, 11) is -1.33. The third kappa shape index (κ3) is 2.60. The SMILES string of the molecule is CC(C)(C)[Si](C)(C)C(Br)C1CC2(CCCCC2)O1. The van der Waals surface area contributed by atoms with E-state index in [9.17, 15) is 0 Å². The molecule has 2 fully saturated rings. The second-order valence-corrected chi connectivity index (χ2v) is 15.4. The van der Waals surface area contributed by atoms with Crippen molar-refractivity contribution < 1.29 is 4.74 Å². The van der Waals surface area contributed by atoms with Gasteiger partial charge in [-0.25, -0.2) is 0 Å². The van der Waals surface area contributed by atoms with Crippen LogP contribution in [0, 0.1) is 0 Å². The van der Waals surface area contributed by atoms with Crippen molar-refractivity contribution in [3.05, 3.63) is 0 Å². The van der Waals surface area contributed by atoms with Crippen molar-refractivity contribution in [2.45, 2.75) is 93.6 Å². The molecule has 1 heterocycles. The van der Waals surface area contributed by atoms with Crippen LogP contribution in [-0.4, -0.2) is 24.2 Å². The van der Waals surface area contributed by atoms with Gasteiger partial charge in [-0.2, -0.15) is 0 Å². The van der Waals surface area contributed by atoms with Gasteiger partial charge in [0, 0.05) is 10.9 Å². The fraction of sp³-hybridized carbons (Fsp3) is 1.00. The maximum absolute atomic E-state index is 6.40. The Kier molecular flexibility index (Phi) is 4.09. The third-order valence-electron chi connectivity index (χ3n) is 5.69. The summed E-state index contributed by atoms with van der Waals surface area (Å²) in [5.74, 6) is 0. The van der Waals surface area contributed by atoms with Gasteiger partial charge in [-0.15, -0.1) is 0 Å². The minimum atomic E-state index is -1.33. The number of rotatable bonds is 2. The van der Waals surface area contributed by atoms with Gasteiger partial charge in [0.15, 0.2) is 0 Å². The average Bonchev–Trinajstić information content (AvgIpc) is 2.24. The molecule has 0 bridgehead atoms. The first-order valence-corrected chi connectivity index (χ1v) is 11.5. The van der Waals surface area contributed by atoms with Gasteiger partial charge in [0.1, 0.15) is 0 Å². The molecule has 0 aromatic rings. The van der Waals surface area contributed by atoms with E-state index in [1.54, 1.807) is 0 Å². The lowest BCUT2D eigenvalue weighted by Crippen LogP contribution is -2.62. The van der Waals surface area contributed by atoms with Crippen LogP contribution in [0.25, 0.3) is 0 Å². The Hall–Kier alpha value is 0.657. The number of halogens is 1. The van der Waals surface area contributed by atoms with Crippen LogP contribution in [0.15, 0.2) is 0 Å². The molecule has 0 aromatic heterocycles. The Balaban J connectivity index is 1.95. The number of ether oxygens (including phenoxy) is 1. The fourth-order valence-corrected chi connectivity index (χ4v) is 7.54. The first-order valence-electron chi connectivity index (χ1n) is 7.50. The molecule has 3 heteroatoms. The fourth-order valence-electron chi connectivity index (χ4n) is 3.24. The zero-order valence-electron chi connectivity index (χ0n) is 12.7. The smallest absolute Gasteiger partial charge is 0.0712 e. The second kappa shape index (κ2) is 4.89. The van der Waals surface area contributed by atoms with Crippen molar-refractivity contribution in [3.63, 3.8) is 0 Å². The predicted octanol–water partition coefficient (Wildman–Crippen LogP) is 5.29. The number of hydrogen-bond donors (Lipinski definition) is 0. The quantitative estimate of drug-likeness (QED) is 0.493. The minimum absolute atomic E-state index is 0.289. The Morgan fingerprint density at radius 2 is 1.67 bits per heavy atom. The van der Waals surface area contributed by atoms with E-state index in [2.05, 4.69) is 49.8 Å². The van der Waals surface area contributed by atoms with Crippen molar-refractivity contribution in [2.24, 2.45) is 0 Å². The summed E-state index contributed by atoms with van der Waals surface area (Å²) in [6.45, 7) is 12.2. The lowest BCUT2D eigenvalue weighted by atomic mass is 9.77. The molecule has 0 amide bonds. The molecular formula is C15H29BrOSi. The molecule has 1 nitrogen and oxygen atoms in total. The van der Waals surface area contributed by atoms with Crippen LogP contribution < -0.4 is 0 Å². The van der Waals surface area contributed by atoms with Crippen LogP contribution in [0.3, 0.4) is 0 Å². The molecule has 1 spiro atoms. The van der Waals surface area contributed by atoms with Crippen LogP contribution in [0.4, 0.5) is 0 Å². The number of hydrogen-bond acceptors (Lipinski definition) is 1. The lowest BCUT2D eigenvalue weighted by molar-refractivity contribution is -0.214. The summed E-state index contributed by atoms with van der Waals surface area (Å²) >= 11 is 4.00. The highest BCUT2D eigenvalue weighted by Crippen LogP contribution is 2.51. The van der Waals surface area contributed by atoms with Crippen LogP contribution in [0.5, 0.6) is 0 Å². The van der Waals surface area contributed by atoms with Crippen molar-refractivity contribution in [1.82, 2.24) is 0 Å². The summed E-state index contributed by atoms with van der Waals surface area (Å²) in [6, 6.07) is 0. The molecule has 1 saturated heterocycles.